The molecule has 20 heavy (non-hydrogen) atoms. The van der Waals surface area contributed by atoms with Crippen LogP contribution in [0.15, 0.2) is 22.7 Å². The molecule has 2 N–H and O–H groups in total. The van der Waals surface area contributed by atoms with Gasteiger partial charge in [-0.15, -0.1) is 0 Å². The third-order valence-electron chi connectivity index (χ3n) is 3.82. The smallest absolute Gasteiger partial charge is 0.238 e. The lowest BCUT2D eigenvalue weighted by atomic mass is 10.0. The van der Waals surface area contributed by atoms with Gasteiger partial charge in [0.1, 0.15) is 0 Å². The fourth-order valence-electron chi connectivity index (χ4n) is 2.56. The van der Waals surface area contributed by atoms with E-state index in [1.807, 2.05) is 32.0 Å². The second kappa shape index (κ2) is 6.70. The Kier molecular flexibility index (Phi) is 5.18. The maximum atomic E-state index is 12.1. The van der Waals surface area contributed by atoms with E-state index in [1.54, 1.807) is 0 Å². The lowest BCUT2D eigenvalue weighted by Gasteiger charge is -2.17. The second-order valence-corrected chi connectivity index (χ2v) is 6.45. The molecule has 1 saturated heterocycles. The summed E-state index contributed by atoms with van der Waals surface area (Å²) >= 11 is 3.41. The van der Waals surface area contributed by atoms with Gasteiger partial charge in [0.05, 0.1) is 12.6 Å². The number of hydrogen-bond acceptors (Lipinski definition) is 3. The molecule has 0 spiro atoms. The molecule has 2 unspecified atom stereocenters. The van der Waals surface area contributed by atoms with Gasteiger partial charge in [0.25, 0.3) is 0 Å². The van der Waals surface area contributed by atoms with Crippen molar-refractivity contribution >= 4 is 27.5 Å². The van der Waals surface area contributed by atoms with E-state index >= 15 is 0 Å². The number of carbonyl (C=O) groups is 1. The van der Waals surface area contributed by atoms with Crippen LogP contribution in [0.5, 0.6) is 0 Å². The van der Waals surface area contributed by atoms with Crippen molar-refractivity contribution in [3.63, 3.8) is 0 Å². The third kappa shape index (κ3) is 4.04. The number of anilines is 1. The number of aliphatic hydroxyl groups excluding tert-OH is 1. The van der Waals surface area contributed by atoms with Crippen LogP contribution in [0.1, 0.15) is 18.9 Å². The zero-order chi connectivity index (χ0) is 14.7. The summed E-state index contributed by atoms with van der Waals surface area (Å²) in [6, 6.07) is 5.80. The molecular formula is C15H21BrN2O2. The van der Waals surface area contributed by atoms with E-state index in [2.05, 4.69) is 26.1 Å². The standard InChI is InChI=1S/C15H21BrN2O2/c1-10-7-13(16)3-4-14(10)17-15(20)9-18-6-5-12(8-18)11(2)19/h3-4,7,11-12,19H,5-6,8-9H2,1-2H3,(H,17,20). The Morgan fingerprint density at radius 2 is 2.35 bits per heavy atom. The Morgan fingerprint density at radius 3 is 2.95 bits per heavy atom. The summed E-state index contributed by atoms with van der Waals surface area (Å²) in [5.74, 6) is 0.291. The summed E-state index contributed by atoms with van der Waals surface area (Å²) in [5, 5.41) is 12.5. The molecule has 0 aliphatic carbocycles. The van der Waals surface area contributed by atoms with Crippen LogP contribution in [0.3, 0.4) is 0 Å². The van der Waals surface area contributed by atoms with Gasteiger partial charge in [-0.25, -0.2) is 0 Å². The number of nitrogens with one attached hydrogen (secondary N) is 1. The van der Waals surface area contributed by atoms with Crippen molar-refractivity contribution < 1.29 is 9.90 Å². The third-order valence-corrected chi connectivity index (χ3v) is 4.31. The lowest BCUT2D eigenvalue weighted by molar-refractivity contribution is -0.117. The maximum Gasteiger partial charge on any atom is 0.238 e. The molecule has 110 valence electrons. The van der Waals surface area contributed by atoms with Gasteiger partial charge in [0.2, 0.25) is 5.91 Å². The molecule has 5 heteroatoms. The first-order valence-corrected chi connectivity index (χ1v) is 7.71. The Balaban J connectivity index is 1.87. The summed E-state index contributed by atoms with van der Waals surface area (Å²) in [5.41, 5.74) is 1.89. The molecule has 1 aliphatic heterocycles. The van der Waals surface area contributed by atoms with Crippen molar-refractivity contribution in [2.24, 2.45) is 5.92 Å². The van der Waals surface area contributed by atoms with E-state index in [1.165, 1.54) is 0 Å². The highest BCUT2D eigenvalue weighted by atomic mass is 79.9. The molecule has 0 aromatic heterocycles. The molecule has 1 heterocycles. The molecule has 1 aromatic carbocycles. The van der Waals surface area contributed by atoms with Gasteiger partial charge in [-0.3, -0.25) is 9.69 Å². The maximum absolute atomic E-state index is 12.1. The van der Waals surface area contributed by atoms with Gasteiger partial charge < -0.3 is 10.4 Å². The van der Waals surface area contributed by atoms with Crippen molar-refractivity contribution in [3.8, 4) is 0 Å². The number of halogens is 1. The summed E-state index contributed by atoms with van der Waals surface area (Å²) in [4.78, 5) is 14.2. The Hall–Kier alpha value is -0.910. The first kappa shape index (κ1) is 15.5. The molecule has 2 rings (SSSR count). The minimum absolute atomic E-state index is 0.00154. The first-order valence-electron chi connectivity index (χ1n) is 6.92. The van der Waals surface area contributed by atoms with Crippen LogP contribution in [0.2, 0.25) is 0 Å². The van der Waals surface area contributed by atoms with Crippen LogP contribution < -0.4 is 5.32 Å². The number of amides is 1. The molecule has 0 bridgehead atoms. The monoisotopic (exact) mass is 340 g/mol. The SMILES string of the molecule is Cc1cc(Br)ccc1NC(=O)CN1CCC(C(C)O)C1. The van der Waals surface area contributed by atoms with Crippen LogP contribution >= 0.6 is 15.9 Å². The van der Waals surface area contributed by atoms with Crippen LogP contribution in [0, 0.1) is 12.8 Å². The minimum atomic E-state index is -0.295. The average Bonchev–Trinajstić information content (AvgIpc) is 2.81. The molecule has 1 aromatic rings. The zero-order valence-corrected chi connectivity index (χ0v) is 13.5. The van der Waals surface area contributed by atoms with Crippen molar-refractivity contribution in [1.29, 1.82) is 0 Å². The molecule has 0 radical (unpaired) electrons. The zero-order valence-electron chi connectivity index (χ0n) is 11.9. The number of carbonyl (C=O) groups excluding carboxylic acids is 1. The predicted molar refractivity (Wildman–Crippen MR) is 83.7 cm³/mol. The van der Waals surface area contributed by atoms with Gasteiger partial charge in [0, 0.05) is 16.7 Å². The van der Waals surface area contributed by atoms with Crippen molar-refractivity contribution in [2.75, 3.05) is 25.0 Å². The van der Waals surface area contributed by atoms with E-state index in [4.69, 9.17) is 0 Å². The quantitative estimate of drug-likeness (QED) is 0.884. The number of rotatable bonds is 4. The van der Waals surface area contributed by atoms with E-state index in [0.29, 0.717) is 6.54 Å². The molecule has 1 aliphatic rings. The average molecular weight is 341 g/mol. The molecular weight excluding hydrogens is 320 g/mol. The first-order chi connectivity index (χ1) is 9.45. The predicted octanol–water partition coefficient (Wildman–Crippen LogP) is 2.40. The highest BCUT2D eigenvalue weighted by Crippen LogP contribution is 2.21. The fourth-order valence-corrected chi connectivity index (χ4v) is 3.04. The van der Waals surface area contributed by atoms with Crippen LogP contribution in [-0.2, 0) is 4.79 Å². The summed E-state index contributed by atoms with van der Waals surface area (Å²) in [6.07, 6.45) is 0.666. The highest BCUT2D eigenvalue weighted by molar-refractivity contribution is 9.10. The molecule has 0 saturated carbocycles. The summed E-state index contributed by atoms with van der Waals surface area (Å²) in [6.45, 7) is 5.85. The molecule has 1 fully saturated rings. The molecule has 1 amide bonds. The molecule has 4 nitrogen and oxygen atoms in total. The van der Waals surface area contributed by atoms with Gasteiger partial charge in [-0.05, 0) is 56.5 Å². The number of likely N-dealkylation sites (tertiary alicyclic amines) is 1. The van der Waals surface area contributed by atoms with Crippen LogP contribution in [-0.4, -0.2) is 41.7 Å². The molecule has 2 atom stereocenters. The second-order valence-electron chi connectivity index (χ2n) is 5.53. The normalized spacial score (nSPS) is 20.9. The topological polar surface area (TPSA) is 52.6 Å². The van der Waals surface area contributed by atoms with Gasteiger partial charge >= 0.3 is 0 Å². The van der Waals surface area contributed by atoms with E-state index in [9.17, 15) is 9.90 Å². The highest BCUT2D eigenvalue weighted by Gasteiger charge is 2.27. The van der Waals surface area contributed by atoms with Gasteiger partial charge in [-0.1, -0.05) is 15.9 Å². The van der Waals surface area contributed by atoms with Crippen LogP contribution in [0.25, 0.3) is 0 Å². The lowest BCUT2D eigenvalue weighted by Crippen LogP contribution is -2.32. The van der Waals surface area contributed by atoms with E-state index < -0.39 is 0 Å². The Morgan fingerprint density at radius 1 is 1.60 bits per heavy atom. The van der Waals surface area contributed by atoms with Crippen LogP contribution in [0.4, 0.5) is 5.69 Å². The van der Waals surface area contributed by atoms with Crippen molar-refractivity contribution in [3.05, 3.63) is 28.2 Å². The Bertz CT molecular complexity index is 491. The summed E-state index contributed by atoms with van der Waals surface area (Å²) < 4.78 is 1.01. The van der Waals surface area contributed by atoms with Gasteiger partial charge in [-0.2, -0.15) is 0 Å². The number of aryl methyl sites for hydroxylation is 1. The number of aliphatic hydroxyl groups is 1. The van der Waals surface area contributed by atoms with Crippen molar-refractivity contribution in [1.82, 2.24) is 4.90 Å². The number of hydrogen-bond donors (Lipinski definition) is 2. The number of benzene rings is 1. The minimum Gasteiger partial charge on any atom is -0.393 e. The summed E-state index contributed by atoms with van der Waals surface area (Å²) in [7, 11) is 0. The van der Waals surface area contributed by atoms with E-state index in [-0.39, 0.29) is 17.9 Å². The Labute approximate surface area is 128 Å². The number of nitrogens with zero attached hydrogens (tertiary/aromatic N) is 1. The van der Waals surface area contributed by atoms with E-state index in [0.717, 1.165) is 35.2 Å². The van der Waals surface area contributed by atoms with Gasteiger partial charge in [0.15, 0.2) is 0 Å². The largest absolute Gasteiger partial charge is 0.393 e. The van der Waals surface area contributed by atoms with Crippen molar-refractivity contribution in [2.45, 2.75) is 26.4 Å². The fraction of sp³-hybridized carbons (Fsp3) is 0.533.